The average Bonchev–Trinajstić information content (AvgIpc) is 2.67. The lowest BCUT2D eigenvalue weighted by Gasteiger charge is -2.10. The lowest BCUT2D eigenvalue weighted by Crippen LogP contribution is -2.11. The molecule has 6 heteroatoms. The summed E-state index contributed by atoms with van der Waals surface area (Å²) in [5.74, 6) is -0.136. The van der Waals surface area contributed by atoms with Crippen molar-refractivity contribution in [2.75, 3.05) is 11.1 Å². The molecule has 1 aromatic heterocycles. The van der Waals surface area contributed by atoms with Gasteiger partial charge in [-0.2, -0.15) is 0 Å². The van der Waals surface area contributed by atoms with Gasteiger partial charge in [0, 0.05) is 15.8 Å². The number of halogens is 2. The minimum atomic E-state index is -0.136. The summed E-state index contributed by atoms with van der Waals surface area (Å²) in [6, 6.07) is 5.54. The highest BCUT2D eigenvalue weighted by Crippen LogP contribution is 2.33. The smallest absolute Gasteiger partial charge is 0.265 e. The summed E-state index contributed by atoms with van der Waals surface area (Å²) in [4.78, 5) is 12.8. The van der Waals surface area contributed by atoms with Crippen molar-refractivity contribution < 1.29 is 4.79 Å². The maximum Gasteiger partial charge on any atom is 0.265 e. The Balaban J connectivity index is 2.26. The summed E-state index contributed by atoms with van der Waals surface area (Å²) >= 11 is 8.13. The number of hydrogen-bond donors (Lipinski definition) is 2. The van der Waals surface area contributed by atoms with E-state index >= 15 is 0 Å². The van der Waals surface area contributed by atoms with Gasteiger partial charge in [0.2, 0.25) is 0 Å². The Kier molecular flexibility index (Phi) is 4.32. The van der Waals surface area contributed by atoms with E-state index in [9.17, 15) is 4.79 Å². The first-order valence-corrected chi connectivity index (χ1v) is 7.91. The van der Waals surface area contributed by atoms with Gasteiger partial charge in [-0.3, -0.25) is 4.79 Å². The third-order valence-corrected chi connectivity index (χ3v) is 5.99. The van der Waals surface area contributed by atoms with E-state index in [1.807, 2.05) is 19.9 Å². The monoisotopic (exact) mass is 402 g/mol. The summed E-state index contributed by atoms with van der Waals surface area (Å²) in [6.45, 7) is 3.89. The fourth-order valence-corrected chi connectivity index (χ4v) is 3.58. The molecule has 2 aromatic rings. The second-order valence-electron chi connectivity index (χ2n) is 4.21. The molecule has 1 heterocycles. The average molecular weight is 404 g/mol. The first kappa shape index (κ1) is 14.6. The predicted octanol–water partition coefficient (Wildman–Crippen LogP) is 4.72. The van der Waals surface area contributed by atoms with E-state index in [1.54, 1.807) is 12.1 Å². The lowest BCUT2D eigenvalue weighted by atomic mass is 10.1. The summed E-state index contributed by atoms with van der Waals surface area (Å²) in [6.07, 6.45) is 0. The van der Waals surface area contributed by atoms with Crippen molar-refractivity contribution in [2.45, 2.75) is 13.8 Å². The molecule has 0 saturated carbocycles. The molecule has 2 rings (SSSR count). The fourth-order valence-electron chi connectivity index (χ4n) is 1.65. The van der Waals surface area contributed by atoms with Crippen LogP contribution in [0.5, 0.6) is 0 Å². The molecular formula is C13H12Br2N2OS. The first-order chi connectivity index (χ1) is 8.88. The molecule has 0 radical (unpaired) electrons. The molecule has 0 aliphatic carbocycles. The fraction of sp³-hybridized carbons (Fsp3) is 0.154. The number of anilines is 2. The third kappa shape index (κ3) is 3.19. The van der Waals surface area contributed by atoms with Gasteiger partial charge < -0.3 is 11.1 Å². The minimum Gasteiger partial charge on any atom is -0.398 e. The minimum absolute atomic E-state index is 0.136. The van der Waals surface area contributed by atoms with E-state index in [2.05, 4.69) is 37.2 Å². The molecular weight excluding hydrogens is 392 g/mol. The number of amides is 1. The highest BCUT2D eigenvalue weighted by Gasteiger charge is 2.13. The van der Waals surface area contributed by atoms with Crippen LogP contribution in [0, 0.1) is 13.8 Å². The maximum atomic E-state index is 12.1. The largest absolute Gasteiger partial charge is 0.398 e. The molecule has 0 saturated heterocycles. The number of nitrogens with one attached hydrogen (secondary N) is 1. The number of nitrogen functional groups attached to an aromatic ring is 1. The summed E-state index contributed by atoms with van der Waals surface area (Å²) in [5, 5.41) is 2.88. The van der Waals surface area contributed by atoms with Gasteiger partial charge in [0.05, 0.1) is 8.66 Å². The normalized spacial score (nSPS) is 10.5. The van der Waals surface area contributed by atoms with E-state index in [0.717, 1.165) is 25.1 Å². The number of nitrogens with two attached hydrogens (primary N) is 1. The van der Waals surface area contributed by atoms with Crippen LogP contribution in [0.4, 0.5) is 11.4 Å². The molecule has 0 fully saturated rings. The topological polar surface area (TPSA) is 55.1 Å². The maximum absolute atomic E-state index is 12.1. The van der Waals surface area contributed by atoms with E-state index in [1.165, 1.54) is 11.3 Å². The Morgan fingerprint density at radius 1 is 1.21 bits per heavy atom. The molecule has 0 aliphatic rings. The third-order valence-electron chi connectivity index (χ3n) is 2.73. The molecule has 3 N–H and O–H groups in total. The predicted molar refractivity (Wildman–Crippen MR) is 88.0 cm³/mol. The molecule has 0 atom stereocenters. The first-order valence-electron chi connectivity index (χ1n) is 5.51. The molecule has 3 nitrogen and oxygen atoms in total. The number of carbonyl (C=O) groups is 1. The lowest BCUT2D eigenvalue weighted by molar-refractivity contribution is 0.103. The van der Waals surface area contributed by atoms with E-state index < -0.39 is 0 Å². The number of aryl methyl sites for hydroxylation is 2. The molecule has 100 valence electrons. The number of carbonyl (C=O) groups excluding carboxylic acids is 1. The summed E-state index contributed by atoms with van der Waals surface area (Å²) in [5.41, 5.74) is 9.29. The van der Waals surface area contributed by atoms with Crippen molar-refractivity contribution in [3.63, 3.8) is 0 Å². The Labute approximate surface area is 132 Å². The van der Waals surface area contributed by atoms with Crippen LogP contribution in [0.2, 0.25) is 0 Å². The Morgan fingerprint density at radius 2 is 1.89 bits per heavy atom. The van der Waals surface area contributed by atoms with Crippen LogP contribution >= 0.6 is 43.2 Å². The zero-order valence-corrected chi connectivity index (χ0v) is 14.4. The van der Waals surface area contributed by atoms with E-state index in [-0.39, 0.29) is 5.91 Å². The highest BCUT2D eigenvalue weighted by atomic mass is 79.9. The second kappa shape index (κ2) is 5.64. The standard InChI is InChI=1S/C13H12Br2N2OS/c1-6-3-7(2)10(5-9(6)16)17-13(18)11-4-8(14)12(15)19-11/h3-5H,16H2,1-2H3,(H,17,18). The van der Waals surface area contributed by atoms with Crippen LogP contribution in [0.3, 0.4) is 0 Å². The second-order valence-corrected chi connectivity index (χ2v) is 7.43. The molecule has 1 amide bonds. The molecule has 1 aromatic carbocycles. The Morgan fingerprint density at radius 3 is 2.47 bits per heavy atom. The van der Waals surface area contributed by atoms with Crippen LogP contribution in [0.1, 0.15) is 20.8 Å². The molecule has 0 spiro atoms. The van der Waals surface area contributed by atoms with Crippen LogP contribution in [0.25, 0.3) is 0 Å². The van der Waals surface area contributed by atoms with Gasteiger partial charge >= 0.3 is 0 Å². The number of thiophene rings is 1. The molecule has 0 bridgehead atoms. The summed E-state index contributed by atoms with van der Waals surface area (Å²) < 4.78 is 1.78. The van der Waals surface area contributed by atoms with Crippen molar-refractivity contribution in [3.05, 3.63) is 42.5 Å². The zero-order chi connectivity index (χ0) is 14.2. The number of hydrogen-bond acceptors (Lipinski definition) is 3. The zero-order valence-electron chi connectivity index (χ0n) is 10.4. The number of rotatable bonds is 2. The van der Waals surface area contributed by atoms with Crippen molar-refractivity contribution in [2.24, 2.45) is 0 Å². The van der Waals surface area contributed by atoms with Crippen molar-refractivity contribution in [3.8, 4) is 0 Å². The van der Waals surface area contributed by atoms with Gasteiger partial charge in [0.15, 0.2) is 0 Å². The van der Waals surface area contributed by atoms with Gasteiger partial charge in [-0.1, -0.05) is 6.07 Å². The molecule has 19 heavy (non-hydrogen) atoms. The van der Waals surface area contributed by atoms with Gasteiger partial charge in [-0.15, -0.1) is 11.3 Å². The molecule has 0 unspecified atom stereocenters. The van der Waals surface area contributed by atoms with Crippen molar-refractivity contribution in [1.29, 1.82) is 0 Å². The SMILES string of the molecule is Cc1cc(C)c(NC(=O)c2cc(Br)c(Br)s2)cc1N. The van der Waals surface area contributed by atoms with E-state index in [4.69, 9.17) is 5.73 Å². The van der Waals surface area contributed by atoms with Gasteiger partial charge in [-0.25, -0.2) is 0 Å². The van der Waals surface area contributed by atoms with Crippen LogP contribution in [0.15, 0.2) is 26.5 Å². The number of benzene rings is 1. The van der Waals surface area contributed by atoms with E-state index in [0.29, 0.717) is 10.6 Å². The quantitative estimate of drug-likeness (QED) is 0.712. The van der Waals surface area contributed by atoms with Crippen LogP contribution in [-0.2, 0) is 0 Å². The van der Waals surface area contributed by atoms with Gasteiger partial charge in [-0.05, 0) is 69.0 Å². The summed E-state index contributed by atoms with van der Waals surface area (Å²) in [7, 11) is 0. The Hall–Kier alpha value is -0.850. The molecule has 0 aliphatic heterocycles. The Bertz CT molecular complexity index is 633. The van der Waals surface area contributed by atoms with Gasteiger partial charge in [0.25, 0.3) is 5.91 Å². The van der Waals surface area contributed by atoms with Gasteiger partial charge in [0.1, 0.15) is 0 Å². The van der Waals surface area contributed by atoms with Crippen molar-refractivity contribution in [1.82, 2.24) is 0 Å². The van der Waals surface area contributed by atoms with Crippen LogP contribution in [-0.4, -0.2) is 5.91 Å². The van der Waals surface area contributed by atoms with Crippen molar-refractivity contribution >= 4 is 60.5 Å². The van der Waals surface area contributed by atoms with Crippen LogP contribution < -0.4 is 11.1 Å². The highest BCUT2D eigenvalue weighted by molar-refractivity contribution is 9.13.